The zero-order valence-electron chi connectivity index (χ0n) is 18.6. The van der Waals surface area contributed by atoms with E-state index in [1.807, 2.05) is 13.8 Å². The number of carbonyl (C=O) groups excluding carboxylic acids is 3. The summed E-state index contributed by atoms with van der Waals surface area (Å²) >= 11 is 0. The molecule has 2 atom stereocenters. The second-order valence-corrected chi connectivity index (χ2v) is 8.54. The van der Waals surface area contributed by atoms with E-state index in [1.54, 1.807) is 13.0 Å². The Kier molecular flexibility index (Phi) is 5.90. The molecule has 0 saturated carbocycles. The van der Waals surface area contributed by atoms with Gasteiger partial charge in [0.05, 0.1) is 12.6 Å². The molecule has 1 aromatic heterocycles. The summed E-state index contributed by atoms with van der Waals surface area (Å²) in [6.07, 6.45) is 2.44. The number of nitrogens with zero attached hydrogens (tertiary/aromatic N) is 2. The molecule has 7 nitrogen and oxygen atoms in total. The minimum absolute atomic E-state index is 0.134. The predicted molar refractivity (Wildman–Crippen MR) is 116 cm³/mol. The third-order valence-corrected chi connectivity index (χ3v) is 6.63. The van der Waals surface area contributed by atoms with E-state index in [0.29, 0.717) is 17.7 Å². The molecular weight excluding hydrogens is 413 g/mol. The number of hydrogen-bond donors (Lipinski definition) is 1. The van der Waals surface area contributed by atoms with Crippen molar-refractivity contribution in [2.75, 3.05) is 13.2 Å². The van der Waals surface area contributed by atoms with Crippen LogP contribution in [0, 0.1) is 19.7 Å². The SMILES string of the molecule is CC[C@]1(c2ccc(F)cc2)NC(=O)N(CC(=O)c2cc(C)n(C[C@@H]3CCCO3)c2C)C1=O. The molecule has 0 radical (unpaired) electrons. The van der Waals surface area contributed by atoms with Crippen molar-refractivity contribution in [2.24, 2.45) is 0 Å². The standard InChI is InChI=1S/C24H28FN3O4/c1-4-24(17-7-9-18(25)10-8-17)22(30)28(23(31)26-24)14-21(29)20-12-15(2)27(16(20)3)13-19-6-5-11-32-19/h7-10,12,19H,4-6,11,13-14H2,1-3H3,(H,26,31)/t19-,24+/m0/s1. The van der Waals surface area contributed by atoms with E-state index in [2.05, 4.69) is 9.88 Å². The van der Waals surface area contributed by atoms with Crippen molar-refractivity contribution in [3.05, 3.63) is 58.7 Å². The maximum atomic E-state index is 13.4. The number of urea groups is 1. The number of rotatable bonds is 7. The van der Waals surface area contributed by atoms with Crippen LogP contribution in [0.1, 0.15) is 53.5 Å². The molecule has 1 N–H and O–H groups in total. The van der Waals surface area contributed by atoms with Gasteiger partial charge in [-0.2, -0.15) is 0 Å². The third-order valence-electron chi connectivity index (χ3n) is 6.63. The number of hydrogen-bond acceptors (Lipinski definition) is 4. The second kappa shape index (κ2) is 8.50. The van der Waals surface area contributed by atoms with Crippen LogP contribution in [0.15, 0.2) is 30.3 Å². The average Bonchev–Trinajstić information content (AvgIpc) is 3.45. The Bertz CT molecular complexity index is 1060. The summed E-state index contributed by atoms with van der Waals surface area (Å²) in [7, 11) is 0. The molecule has 2 aromatic rings. The van der Waals surface area contributed by atoms with E-state index in [9.17, 15) is 18.8 Å². The van der Waals surface area contributed by atoms with Crippen LogP contribution in [0.25, 0.3) is 0 Å². The molecule has 1 aromatic carbocycles. The second-order valence-electron chi connectivity index (χ2n) is 8.54. The number of nitrogens with one attached hydrogen (secondary N) is 1. The molecule has 0 unspecified atom stereocenters. The van der Waals surface area contributed by atoms with Gasteiger partial charge in [-0.15, -0.1) is 0 Å². The van der Waals surface area contributed by atoms with E-state index in [1.165, 1.54) is 24.3 Å². The van der Waals surface area contributed by atoms with Gasteiger partial charge in [0.2, 0.25) is 0 Å². The molecule has 0 spiro atoms. The lowest BCUT2D eigenvalue weighted by Gasteiger charge is -2.25. The molecule has 2 aliphatic heterocycles. The predicted octanol–water partition coefficient (Wildman–Crippen LogP) is 3.46. The number of aryl methyl sites for hydroxylation is 1. The highest BCUT2D eigenvalue weighted by Crippen LogP contribution is 2.33. The lowest BCUT2D eigenvalue weighted by atomic mass is 9.87. The first-order chi connectivity index (χ1) is 15.3. The number of carbonyl (C=O) groups is 3. The van der Waals surface area contributed by atoms with Crippen LogP contribution in [-0.4, -0.2) is 46.4 Å². The topological polar surface area (TPSA) is 80.6 Å². The molecule has 0 aliphatic carbocycles. The number of Topliss-reactive ketones (excluding diaryl/α,β-unsaturated/α-hetero) is 1. The minimum Gasteiger partial charge on any atom is -0.376 e. The monoisotopic (exact) mass is 441 g/mol. The van der Waals surface area contributed by atoms with Gasteiger partial charge < -0.3 is 14.6 Å². The van der Waals surface area contributed by atoms with Crippen LogP contribution in [0.4, 0.5) is 9.18 Å². The highest BCUT2D eigenvalue weighted by Gasteiger charge is 2.51. The minimum atomic E-state index is -1.30. The number of ketones is 1. The van der Waals surface area contributed by atoms with E-state index in [4.69, 9.17) is 4.74 Å². The normalized spacial score (nSPS) is 23.1. The van der Waals surface area contributed by atoms with Gasteiger partial charge in [-0.25, -0.2) is 9.18 Å². The quantitative estimate of drug-likeness (QED) is 0.527. The smallest absolute Gasteiger partial charge is 0.325 e. The van der Waals surface area contributed by atoms with Crippen LogP contribution in [0.5, 0.6) is 0 Å². The van der Waals surface area contributed by atoms with Crippen LogP contribution >= 0.6 is 0 Å². The summed E-state index contributed by atoms with van der Waals surface area (Å²) in [6.45, 7) is 6.66. The summed E-state index contributed by atoms with van der Waals surface area (Å²) < 4.78 is 21.2. The van der Waals surface area contributed by atoms with Crippen LogP contribution in [0.3, 0.4) is 0 Å². The maximum Gasteiger partial charge on any atom is 0.325 e. The Morgan fingerprint density at radius 1 is 1.25 bits per heavy atom. The average molecular weight is 442 g/mol. The lowest BCUT2D eigenvalue weighted by Crippen LogP contribution is -2.43. The largest absolute Gasteiger partial charge is 0.376 e. The number of amides is 3. The first-order valence-corrected chi connectivity index (χ1v) is 11.0. The molecular formula is C24H28FN3O4. The van der Waals surface area contributed by atoms with E-state index in [-0.39, 0.29) is 24.9 Å². The highest BCUT2D eigenvalue weighted by atomic mass is 19.1. The summed E-state index contributed by atoms with van der Waals surface area (Å²) in [5, 5.41) is 2.73. The van der Waals surface area contributed by atoms with Crippen LogP contribution < -0.4 is 5.32 Å². The van der Waals surface area contributed by atoms with Crippen molar-refractivity contribution in [1.29, 1.82) is 0 Å². The van der Waals surface area contributed by atoms with E-state index < -0.39 is 23.3 Å². The Balaban J connectivity index is 1.55. The maximum absolute atomic E-state index is 13.4. The van der Waals surface area contributed by atoms with Crippen molar-refractivity contribution in [1.82, 2.24) is 14.8 Å². The first-order valence-electron chi connectivity index (χ1n) is 11.0. The molecule has 4 rings (SSSR count). The summed E-state index contributed by atoms with van der Waals surface area (Å²) in [5.74, 6) is -1.23. The summed E-state index contributed by atoms with van der Waals surface area (Å²) in [4.78, 5) is 40.1. The highest BCUT2D eigenvalue weighted by molar-refractivity contribution is 6.11. The Hall–Kier alpha value is -3.00. The number of halogens is 1. The van der Waals surface area contributed by atoms with Gasteiger partial charge in [0, 0.05) is 30.1 Å². The fraction of sp³-hybridized carbons (Fsp3) is 0.458. The molecule has 32 heavy (non-hydrogen) atoms. The fourth-order valence-corrected chi connectivity index (χ4v) is 4.73. The van der Waals surface area contributed by atoms with Gasteiger partial charge >= 0.3 is 6.03 Å². The third kappa shape index (κ3) is 3.72. The van der Waals surface area contributed by atoms with Crippen LogP contribution in [0.2, 0.25) is 0 Å². The summed E-state index contributed by atoms with van der Waals surface area (Å²) in [6, 6.07) is 6.66. The van der Waals surface area contributed by atoms with Gasteiger partial charge in [-0.1, -0.05) is 19.1 Å². The molecule has 0 bridgehead atoms. The number of imide groups is 1. The van der Waals surface area contributed by atoms with Gasteiger partial charge in [0.15, 0.2) is 5.78 Å². The Morgan fingerprint density at radius 3 is 2.59 bits per heavy atom. The first kappa shape index (κ1) is 22.2. The molecule has 2 aliphatic rings. The molecule has 3 amide bonds. The van der Waals surface area contributed by atoms with Gasteiger partial charge in [0.1, 0.15) is 11.4 Å². The van der Waals surface area contributed by atoms with Crippen molar-refractivity contribution >= 4 is 17.7 Å². The van der Waals surface area contributed by atoms with E-state index >= 15 is 0 Å². The molecule has 2 fully saturated rings. The van der Waals surface area contributed by atoms with Crippen molar-refractivity contribution < 1.29 is 23.5 Å². The number of benzene rings is 1. The zero-order valence-corrected chi connectivity index (χ0v) is 18.6. The fourth-order valence-electron chi connectivity index (χ4n) is 4.73. The van der Waals surface area contributed by atoms with Crippen molar-refractivity contribution in [3.8, 4) is 0 Å². The van der Waals surface area contributed by atoms with Gasteiger partial charge in [-0.3, -0.25) is 14.5 Å². The summed E-state index contributed by atoms with van der Waals surface area (Å²) in [5.41, 5.74) is 1.42. The lowest BCUT2D eigenvalue weighted by molar-refractivity contribution is -0.131. The van der Waals surface area contributed by atoms with Crippen molar-refractivity contribution in [3.63, 3.8) is 0 Å². The van der Waals surface area contributed by atoms with E-state index in [0.717, 1.165) is 35.7 Å². The van der Waals surface area contributed by atoms with Crippen LogP contribution in [-0.2, 0) is 21.6 Å². The number of ether oxygens (including phenoxy) is 1. The Morgan fingerprint density at radius 2 is 1.97 bits per heavy atom. The molecule has 8 heteroatoms. The number of aromatic nitrogens is 1. The van der Waals surface area contributed by atoms with Gasteiger partial charge in [-0.05, 0) is 56.9 Å². The van der Waals surface area contributed by atoms with Gasteiger partial charge in [0.25, 0.3) is 5.91 Å². The zero-order chi connectivity index (χ0) is 23.0. The molecule has 3 heterocycles. The molecule has 2 saturated heterocycles. The molecule has 170 valence electrons. The Labute approximate surface area is 186 Å². The van der Waals surface area contributed by atoms with Crippen molar-refractivity contribution in [2.45, 2.75) is 58.2 Å².